The monoisotopic (exact) mass is 425 g/mol. The summed E-state index contributed by atoms with van der Waals surface area (Å²) in [5.41, 5.74) is 2.39. The van der Waals surface area contributed by atoms with Crippen LogP contribution in [0.1, 0.15) is 47.4 Å². The molecule has 1 spiro atoms. The SMILES string of the molecule is Cc1cc(C)n(CC(=O)N2CCC3(CC2)CC(CNC(=O)c2ccncc2)CCO3)n1. The number of rotatable bonds is 5. The van der Waals surface area contributed by atoms with Crippen LogP contribution in [-0.2, 0) is 16.1 Å². The van der Waals surface area contributed by atoms with E-state index in [-0.39, 0.29) is 24.0 Å². The van der Waals surface area contributed by atoms with E-state index in [4.69, 9.17) is 4.74 Å². The zero-order valence-electron chi connectivity index (χ0n) is 18.3. The molecular weight excluding hydrogens is 394 g/mol. The van der Waals surface area contributed by atoms with E-state index in [1.807, 2.05) is 24.8 Å². The highest BCUT2D eigenvalue weighted by Crippen LogP contribution is 2.37. The first-order valence-electron chi connectivity index (χ1n) is 11.1. The molecule has 2 aromatic rings. The second-order valence-corrected chi connectivity index (χ2v) is 8.80. The van der Waals surface area contributed by atoms with Crippen molar-refractivity contribution in [3.8, 4) is 0 Å². The smallest absolute Gasteiger partial charge is 0.251 e. The molecule has 0 saturated carbocycles. The minimum Gasteiger partial charge on any atom is -0.375 e. The molecule has 1 unspecified atom stereocenters. The summed E-state index contributed by atoms with van der Waals surface area (Å²) < 4.78 is 8.00. The zero-order valence-corrected chi connectivity index (χ0v) is 18.3. The van der Waals surface area contributed by atoms with Crippen molar-refractivity contribution in [2.45, 2.75) is 51.7 Å². The maximum Gasteiger partial charge on any atom is 0.251 e. The van der Waals surface area contributed by atoms with Gasteiger partial charge in [0.2, 0.25) is 5.91 Å². The number of likely N-dealkylation sites (tertiary alicyclic amines) is 1. The van der Waals surface area contributed by atoms with Crippen LogP contribution in [0.4, 0.5) is 0 Å². The highest BCUT2D eigenvalue weighted by Gasteiger charge is 2.41. The summed E-state index contributed by atoms with van der Waals surface area (Å²) >= 11 is 0. The molecule has 2 aromatic heterocycles. The Morgan fingerprint density at radius 3 is 2.65 bits per heavy atom. The van der Waals surface area contributed by atoms with Crippen molar-refractivity contribution < 1.29 is 14.3 Å². The largest absolute Gasteiger partial charge is 0.375 e. The first-order chi connectivity index (χ1) is 14.9. The van der Waals surface area contributed by atoms with Crippen molar-refractivity contribution in [2.75, 3.05) is 26.2 Å². The summed E-state index contributed by atoms with van der Waals surface area (Å²) in [6.07, 6.45) is 6.79. The van der Waals surface area contributed by atoms with E-state index in [9.17, 15) is 9.59 Å². The molecule has 0 aliphatic carbocycles. The normalized spacial score (nSPS) is 20.6. The predicted molar refractivity (Wildman–Crippen MR) is 115 cm³/mol. The molecule has 1 atom stereocenters. The molecule has 2 aliphatic heterocycles. The van der Waals surface area contributed by atoms with Crippen molar-refractivity contribution in [3.05, 3.63) is 47.5 Å². The topological polar surface area (TPSA) is 89.4 Å². The highest BCUT2D eigenvalue weighted by atomic mass is 16.5. The van der Waals surface area contributed by atoms with Crippen LogP contribution in [0.25, 0.3) is 0 Å². The summed E-state index contributed by atoms with van der Waals surface area (Å²) in [6, 6.07) is 5.43. The Morgan fingerprint density at radius 1 is 1.23 bits per heavy atom. The number of nitrogens with zero attached hydrogens (tertiary/aromatic N) is 4. The van der Waals surface area contributed by atoms with E-state index in [1.165, 1.54) is 0 Å². The van der Waals surface area contributed by atoms with Gasteiger partial charge in [-0.2, -0.15) is 5.10 Å². The van der Waals surface area contributed by atoms with Crippen LogP contribution >= 0.6 is 0 Å². The van der Waals surface area contributed by atoms with Gasteiger partial charge in [-0.3, -0.25) is 19.3 Å². The first kappa shape index (κ1) is 21.5. The summed E-state index contributed by atoms with van der Waals surface area (Å²) in [6.45, 7) is 6.96. The molecule has 0 bridgehead atoms. The van der Waals surface area contributed by atoms with E-state index >= 15 is 0 Å². The van der Waals surface area contributed by atoms with Crippen molar-refractivity contribution in [1.29, 1.82) is 0 Å². The molecule has 0 aromatic carbocycles. The lowest BCUT2D eigenvalue weighted by Gasteiger charge is -2.46. The average molecular weight is 426 g/mol. The van der Waals surface area contributed by atoms with Crippen LogP contribution in [0.3, 0.4) is 0 Å². The quantitative estimate of drug-likeness (QED) is 0.793. The second-order valence-electron chi connectivity index (χ2n) is 8.80. The fourth-order valence-electron chi connectivity index (χ4n) is 4.72. The molecule has 2 aliphatic rings. The van der Waals surface area contributed by atoms with Gasteiger partial charge in [0, 0.05) is 49.9 Å². The second kappa shape index (κ2) is 9.18. The Kier molecular flexibility index (Phi) is 6.36. The maximum absolute atomic E-state index is 12.7. The Morgan fingerprint density at radius 2 is 1.97 bits per heavy atom. The third kappa shape index (κ3) is 5.12. The molecule has 0 radical (unpaired) electrons. The molecule has 31 heavy (non-hydrogen) atoms. The van der Waals surface area contributed by atoms with Gasteiger partial charge in [-0.15, -0.1) is 0 Å². The van der Waals surface area contributed by atoms with E-state index < -0.39 is 0 Å². The number of pyridine rings is 1. The summed E-state index contributed by atoms with van der Waals surface area (Å²) in [5.74, 6) is 0.432. The highest BCUT2D eigenvalue weighted by molar-refractivity contribution is 5.93. The predicted octanol–water partition coefficient (Wildman–Crippen LogP) is 2.11. The fourth-order valence-corrected chi connectivity index (χ4v) is 4.72. The Bertz CT molecular complexity index is 919. The third-order valence-electron chi connectivity index (χ3n) is 6.50. The number of nitrogens with one attached hydrogen (secondary N) is 1. The van der Waals surface area contributed by atoms with Gasteiger partial charge >= 0.3 is 0 Å². The molecule has 2 amide bonds. The first-order valence-corrected chi connectivity index (χ1v) is 11.1. The van der Waals surface area contributed by atoms with Crippen molar-refractivity contribution in [2.24, 2.45) is 5.92 Å². The van der Waals surface area contributed by atoms with Gasteiger partial charge in [-0.05, 0) is 63.6 Å². The van der Waals surface area contributed by atoms with Crippen molar-refractivity contribution >= 4 is 11.8 Å². The fraction of sp³-hybridized carbons (Fsp3) is 0.565. The van der Waals surface area contributed by atoms with Gasteiger partial charge in [0.25, 0.3) is 5.91 Å². The summed E-state index contributed by atoms with van der Waals surface area (Å²) in [7, 11) is 0. The number of hydrogen-bond donors (Lipinski definition) is 1. The Hall–Kier alpha value is -2.74. The molecule has 1 N–H and O–H groups in total. The number of carbonyl (C=O) groups is 2. The van der Waals surface area contributed by atoms with Gasteiger partial charge in [0.05, 0.1) is 11.3 Å². The van der Waals surface area contributed by atoms with Gasteiger partial charge in [0.1, 0.15) is 6.54 Å². The molecule has 166 valence electrons. The summed E-state index contributed by atoms with van der Waals surface area (Å²) in [4.78, 5) is 31.0. The van der Waals surface area contributed by atoms with Crippen LogP contribution in [-0.4, -0.2) is 63.3 Å². The molecule has 4 rings (SSSR count). The van der Waals surface area contributed by atoms with E-state index in [0.717, 1.165) is 37.1 Å². The van der Waals surface area contributed by atoms with Gasteiger partial charge in [-0.25, -0.2) is 0 Å². The third-order valence-corrected chi connectivity index (χ3v) is 6.50. The van der Waals surface area contributed by atoms with Crippen molar-refractivity contribution in [3.63, 3.8) is 0 Å². The molecule has 4 heterocycles. The number of ether oxygens (including phenoxy) is 1. The van der Waals surface area contributed by atoms with Gasteiger partial charge < -0.3 is 15.0 Å². The van der Waals surface area contributed by atoms with E-state index in [1.54, 1.807) is 29.2 Å². The number of amides is 2. The number of hydrogen-bond acceptors (Lipinski definition) is 5. The van der Waals surface area contributed by atoms with Crippen LogP contribution in [0.15, 0.2) is 30.6 Å². The van der Waals surface area contributed by atoms with Crippen LogP contribution < -0.4 is 5.32 Å². The lowest BCUT2D eigenvalue weighted by Crippen LogP contribution is -2.52. The van der Waals surface area contributed by atoms with Crippen LogP contribution in [0, 0.1) is 19.8 Å². The molecule has 2 fully saturated rings. The number of aromatic nitrogens is 3. The van der Waals surface area contributed by atoms with Gasteiger partial charge in [0.15, 0.2) is 0 Å². The zero-order chi connectivity index (χ0) is 21.8. The number of carbonyl (C=O) groups excluding carboxylic acids is 2. The molecule has 8 heteroatoms. The average Bonchev–Trinajstić information content (AvgIpc) is 3.09. The Labute approximate surface area is 183 Å². The molecular formula is C23H31N5O3. The van der Waals surface area contributed by atoms with E-state index in [2.05, 4.69) is 15.4 Å². The van der Waals surface area contributed by atoms with Crippen molar-refractivity contribution in [1.82, 2.24) is 25.0 Å². The molecule has 2 saturated heterocycles. The minimum atomic E-state index is -0.181. The Balaban J connectivity index is 1.27. The number of aryl methyl sites for hydroxylation is 2. The van der Waals surface area contributed by atoms with Gasteiger partial charge in [-0.1, -0.05) is 0 Å². The minimum absolute atomic E-state index is 0.0625. The molecule has 8 nitrogen and oxygen atoms in total. The standard InChI is InChI=1S/C23H31N5O3/c1-17-13-18(2)28(26-17)16-21(29)27-10-6-23(7-11-27)14-19(5-12-31-23)15-25-22(30)20-3-8-24-9-4-20/h3-4,8-9,13,19H,5-7,10-12,14-16H2,1-2H3,(H,25,30). The maximum atomic E-state index is 12.7. The lowest BCUT2D eigenvalue weighted by molar-refractivity contribution is -0.147. The van der Waals surface area contributed by atoms with E-state index in [0.29, 0.717) is 37.7 Å². The van der Waals surface area contributed by atoms with Crippen LogP contribution in [0.5, 0.6) is 0 Å². The lowest BCUT2D eigenvalue weighted by atomic mass is 9.79. The number of piperidine rings is 1. The summed E-state index contributed by atoms with van der Waals surface area (Å²) in [5, 5.41) is 7.46. The van der Waals surface area contributed by atoms with Crippen LogP contribution in [0.2, 0.25) is 0 Å².